The minimum atomic E-state index is -0.357. The second-order valence-electron chi connectivity index (χ2n) is 4.25. The van der Waals surface area contributed by atoms with E-state index in [-0.39, 0.29) is 6.04 Å². The van der Waals surface area contributed by atoms with Gasteiger partial charge in [-0.2, -0.15) is 0 Å². The molecule has 5 heteroatoms. The van der Waals surface area contributed by atoms with E-state index in [0.717, 1.165) is 16.9 Å². The van der Waals surface area contributed by atoms with Crippen molar-refractivity contribution >= 4 is 11.6 Å². The Labute approximate surface area is 123 Å². The summed E-state index contributed by atoms with van der Waals surface area (Å²) in [4.78, 5) is 3.97. The number of methoxy groups -OCH3 is 1. The fraction of sp³-hybridized carbons (Fsp3) is 0.267. The molecule has 0 aliphatic heterocycles. The number of halogens is 1. The highest BCUT2D eigenvalue weighted by Gasteiger charge is 2.16. The summed E-state index contributed by atoms with van der Waals surface area (Å²) in [5.74, 6) is 0.741. The topological polar surface area (TPSA) is 57.4 Å². The minimum Gasteiger partial charge on any atom is -0.491 e. The van der Waals surface area contributed by atoms with Crippen molar-refractivity contribution in [2.45, 2.75) is 6.04 Å². The molecule has 1 aromatic heterocycles. The Morgan fingerprint density at radius 3 is 2.75 bits per heavy atom. The average Bonchev–Trinajstić information content (AvgIpc) is 2.48. The number of nitrogens with zero attached hydrogens (tertiary/aromatic N) is 1. The molecule has 4 nitrogen and oxygen atoms in total. The van der Waals surface area contributed by atoms with E-state index >= 15 is 0 Å². The normalized spacial score (nSPS) is 12.2. The van der Waals surface area contributed by atoms with Crippen LogP contribution in [0, 0.1) is 0 Å². The molecule has 0 amide bonds. The fourth-order valence-corrected chi connectivity index (χ4v) is 2.15. The van der Waals surface area contributed by atoms with E-state index < -0.39 is 0 Å². The number of aromatic nitrogens is 1. The number of pyridine rings is 1. The van der Waals surface area contributed by atoms with Gasteiger partial charge in [-0.05, 0) is 17.7 Å². The SMILES string of the molecule is COCCOc1ccccc1C(N)c1ccncc1Cl. The summed E-state index contributed by atoms with van der Waals surface area (Å²) < 4.78 is 10.7. The maximum absolute atomic E-state index is 6.30. The van der Waals surface area contributed by atoms with Gasteiger partial charge in [-0.25, -0.2) is 0 Å². The standard InChI is InChI=1S/C15H17ClN2O2/c1-19-8-9-20-14-5-3-2-4-12(14)15(17)11-6-7-18-10-13(11)16/h2-7,10,15H,8-9,17H2,1H3. The predicted octanol–water partition coefficient (Wildman–Crippen LogP) is 2.81. The van der Waals surface area contributed by atoms with Crippen molar-refractivity contribution in [1.29, 1.82) is 0 Å². The summed E-state index contributed by atoms with van der Waals surface area (Å²) in [6.07, 6.45) is 3.26. The molecule has 0 radical (unpaired) electrons. The number of para-hydroxylation sites is 1. The molecule has 1 unspecified atom stereocenters. The molecule has 106 valence electrons. The third-order valence-corrected chi connectivity index (χ3v) is 3.25. The highest BCUT2D eigenvalue weighted by molar-refractivity contribution is 6.31. The van der Waals surface area contributed by atoms with Crippen LogP contribution >= 0.6 is 11.6 Å². The molecule has 0 aliphatic rings. The van der Waals surface area contributed by atoms with E-state index in [1.165, 1.54) is 0 Å². The van der Waals surface area contributed by atoms with Crippen LogP contribution < -0.4 is 10.5 Å². The quantitative estimate of drug-likeness (QED) is 0.832. The van der Waals surface area contributed by atoms with Gasteiger partial charge in [-0.1, -0.05) is 29.8 Å². The highest BCUT2D eigenvalue weighted by atomic mass is 35.5. The van der Waals surface area contributed by atoms with Crippen LogP contribution in [0.1, 0.15) is 17.2 Å². The summed E-state index contributed by atoms with van der Waals surface area (Å²) >= 11 is 6.14. The molecule has 0 fully saturated rings. The first kappa shape index (κ1) is 14.8. The predicted molar refractivity (Wildman–Crippen MR) is 79.1 cm³/mol. The van der Waals surface area contributed by atoms with Crippen molar-refractivity contribution < 1.29 is 9.47 Å². The van der Waals surface area contributed by atoms with Crippen LogP contribution in [0.5, 0.6) is 5.75 Å². The largest absolute Gasteiger partial charge is 0.491 e. The molecule has 1 atom stereocenters. The number of hydrogen-bond donors (Lipinski definition) is 1. The zero-order valence-corrected chi connectivity index (χ0v) is 12.0. The van der Waals surface area contributed by atoms with Crippen LogP contribution in [0.4, 0.5) is 0 Å². The third-order valence-electron chi connectivity index (χ3n) is 2.94. The Bertz CT molecular complexity index is 563. The Hall–Kier alpha value is -1.62. The van der Waals surface area contributed by atoms with Crippen molar-refractivity contribution in [3.05, 3.63) is 58.9 Å². The fourth-order valence-electron chi connectivity index (χ4n) is 1.91. The Morgan fingerprint density at radius 1 is 1.20 bits per heavy atom. The number of nitrogens with two attached hydrogens (primary N) is 1. The molecule has 2 N–H and O–H groups in total. The van der Waals surface area contributed by atoms with E-state index in [2.05, 4.69) is 4.98 Å². The molecule has 0 bridgehead atoms. The summed E-state index contributed by atoms with van der Waals surface area (Å²) in [7, 11) is 1.64. The first-order chi connectivity index (χ1) is 9.74. The molecule has 0 saturated heterocycles. The molecular formula is C15H17ClN2O2. The lowest BCUT2D eigenvalue weighted by molar-refractivity contribution is 0.145. The maximum Gasteiger partial charge on any atom is 0.124 e. The van der Waals surface area contributed by atoms with Crippen molar-refractivity contribution in [2.24, 2.45) is 5.73 Å². The molecule has 2 aromatic rings. The molecule has 20 heavy (non-hydrogen) atoms. The summed E-state index contributed by atoms with van der Waals surface area (Å²) in [5.41, 5.74) is 8.01. The van der Waals surface area contributed by atoms with Gasteiger partial charge in [0, 0.05) is 25.1 Å². The van der Waals surface area contributed by atoms with E-state index in [1.54, 1.807) is 19.5 Å². The van der Waals surface area contributed by atoms with Crippen molar-refractivity contribution in [1.82, 2.24) is 4.98 Å². The second kappa shape index (κ2) is 7.24. The van der Waals surface area contributed by atoms with E-state index in [9.17, 15) is 0 Å². The minimum absolute atomic E-state index is 0.357. The summed E-state index contributed by atoms with van der Waals surface area (Å²) in [6.45, 7) is 1.00. The van der Waals surface area contributed by atoms with Gasteiger partial charge in [-0.3, -0.25) is 4.98 Å². The maximum atomic E-state index is 6.30. The first-order valence-corrected chi connectivity index (χ1v) is 6.67. The smallest absolute Gasteiger partial charge is 0.124 e. The van der Waals surface area contributed by atoms with Crippen LogP contribution in [0.15, 0.2) is 42.7 Å². The molecule has 1 heterocycles. The Kier molecular flexibility index (Phi) is 5.35. The van der Waals surface area contributed by atoms with Gasteiger partial charge in [0.1, 0.15) is 12.4 Å². The first-order valence-electron chi connectivity index (χ1n) is 6.29. The van der Waals surface area contributed by atoms with Gasteiger partial charge in [0.15, 0.2) is 0 Å². The van der Waals surface area contributed by atoms with Crippen molar-refractivity contribution in [3.63, 3.8) is 0 Å². The lowest BCUT2D eigenvalue weighted by atomic mass is 10.00. The van der Waals surface area contributed by atoms with E-state index in [4.69, 9.17) is 26.8 Å². The van der Waals surface area contributed by atoms with Gasteiger partial charge in [0.2, 0.25) is 0 Å². The second-order valence-corrected chi connectivity index (χ2v) is 4.66. The van der Waals surface area contributed by atoms with Crippen LogP contribution in [-0.4, -0.2) is 25.3 Å². The van der Waals surface area contributed by atoms with Gasteiger partial charge in [0.05, 0.1) is 17.7 Å². The monoisotopic (exact) mass is 292 g/mol. The zero-order valence-electron chi connectivity index (χ0n) is 11.3. The van der Waals surface area contributed by atoms with Crippen LogP contribution in [-0.2, 0) is 4.74 Å². The van der Waals surface area contributed by atoms with Gasteiger partial charge >= 0.3 is 0 Å². The highest BCUT2D eigenvalue weighted by Crippen LogP contribution is 2.31. The van der Waals surface area contributed by atoms with Crippen molar-refractivity contribution in [3.8, 4) is 5.75 Å². The lowest BCUT2D eigenvalue weighted by Gasteiger charge is -2.18. The zero-order chi connectivity index (χ0) is 14.4. The average molecular weight is 293 g/mol. The Morgan fingerprint density at radius 2 is 2.00 bits per heavy atom. The summed E-state index contributed by atoms with van der Waals surface area (Å²) in [5, 5.41) is 0.548. The van der Waals surface area contributed by atoms with E-state index in [1.807, 2.05) is 30.3 Å². The number of hydrogen-bond acceptors (Lipinski definition) is 4. The molecule has 0 spiro atoms. The summed E-state index contributed by atoms with van der Waals surface area (Å²) in [6, 6.07) is 9.12. The Balaban J connectivity index is 2.25. The van der Waals surface area contributed by atoms with Gasteiger partial charge in [0.25, 0.3) is 0 Å². The third kappa shape index (κ3) is 3.48. The van der Waals surface area contributed by atoms with Crippen LogP contribution in [0.25, 0.3) is 0 Å². The number of ether oxygens (including phenoxy) is 2. The molecule has 0 aliphatic carbocycles. The van der Waals surface area contributed by atoms with Gasteiger partial charge < -0.3 is 15.2 Å². The molecular weight excluding hydrogens is 276 g/mol. The van der Waals surface area contributed by atoms with Crippen LogP contribution in [0.2, 0.25) is 5.02 Å². The molecule has 1 aromatic carbocycles. The lowest BCUT2D eigenvalue weighted by Crippen LogP contribution is -2.15. The van der Waals surface area contributed by atoms with Crippen LogP contribution in [0.3, 0.4) is 0 Å². The number of rotatable bonds is 6. The molecule has 2 rings (SSSR count). The molecule has 0 saturated carbocycles. The van der Waals surface area contributed by atoms with Gasteiger partial charge in [-0.15, -0.1) is 0 Å². The van der Waals surface area contributed by atoms with Crippen molar-refractivity contribution in [2.75, 3.05) is 20.3 Å². The van der Waals surface area contributed by atoms with E-state index in [0.29, 0.717) is 18.2 Å². The number of benzene rings is 1.